The van der Waals surface area contributed by atoms with Gasteiger partial charge in [0, 0.05) is 5.56 Å². The Bertz CT molecular complexity index is 782. The van der Waals surface area contributed by atoms with Crippen LogP contribution < -0.4 is 5.73 Å². The van der Waals surface area contributed by atoms with E-state index in [0.717, 1.165) is 28.1 Å². The van der Waals surface area contributed by atoms with Gasteiger partial charge in [0.05, 0.1) is 17.1 Å². The van der Waals surface area contributed by atoms with Gasteiger partial charge in [-0.2, -0.15) is 0 Å². The van der Waals surface area contributed by atoms with Crippen molar-refractivity contribution in [1.29, 1.82) is 0 Å². The Kier molecular flexibility index (Phi) is 2.82. The van der Waals surface area contributed by atoms with Gasteiger partial charge < -0.3 is 14.7 Å². The molecule has 0 amide bonds. The molecule has 2 N–H and O–H groups in total. The van der Waals surface area contributed by atoms with E-state index >= 15 is 0 Å². The highest BCUT2D eigenvalue weighted by atomic mass is 16.3. The van der Waals surface area contributed by atoms with Gasteiger partial charge in [0.25, 0.3) is 0 Å². The number of hydrogen-bond acceptors (Lipinski definition) is 3. The van der Waals surface area contributed by atoms with Crippen molar-refractivity contribution in [3.05, 3.63) is 46.9 Å². The second-order valence-corrected chi connectivity index (χ2v) is 5.38. The first-order valence-electron chi connectivity index (χ1n) is 6.78. The van der Waals surface area contributed by atoms with Gasteiger partial charge in [0.1, 0.15) is 11.5 Å². The summed E-state index contributed by atoms with van der Waals surface area (Å²) in [6, 6.07) is 8.35. The number of rotatable bonds is 2. The van der Waals surface area contributed by atoms with Crippen LogP contribution in [0.15, 0.2) is 28.7 Å². The maximum Gasteiger partial charge on any atom is 0.201 e. The first-order chi connectivity index (χ1) is 9.47. The number of nitrogens with zero attached hydrogens (tertiary/aromatic N) is 2. The van der Waals surface area contributed by atoms with Gasteiger partial charge in [-0.15, -0.1) is 0 Å². The van der Waals surface area contributed by atoms with Gasteiger partial charge in [-0.05, 0) is 51.5 Å². The molecule has 0 saturated heterocycles. The van der Waals surface area contributed by atoms with Crippen LogP contribution in [0.3, 0.4) is 0 Å². The monoisotopic (exact) mass is 269 g/mol. The van der Waals surface area contributed by atoms with E-state index < -0.39 is 0 Å². The standard InChI is InChI=1S/C16H19N3O/c1-9-5-6-14-15(7-9)19(16(17)18-14)11(3)13-8-10(2)20-12(13)4/h5-8,11H,1-4H3,(H2,17,18). The van der Waals surface area contributed by atoms with Gasteiger partial charge in [-0.25, -0.2) is 4.98 Å². The van der Waals surface area contributed by atoms with Gasteiger partial charge in [0.2, 0.25) is 5.95 Å². The van der Waals surface area contributed by atoms with Crippen LogP contribution in [-0.4, -0.2) is 9.55 Å². The zero-order valence-electron chi connectivity index (χ0n) is 12.3. The minimum Gasteiger partial charge on any atom is -0.466 e. The normalized spacial score (nSPS) is 13.0. The Balaban J connectivity index is 2.20. The van der Waals surface area contributed by atoms with Crippen LogP contribution in [0.1, 0.15) is 35.6 Å². The highest BCUT2D eigenvalue weighted by molar-refractivity contribution is 5.79. The number of anilines is 1. The second kappa shape index (κ2) is 4.40. The first kappa shape index (κ1) is 12.8. The lowest BCUT2D eigenvalue weighted by Gasteiger charge is -2.15. The van der Waals surface area contributed by atoms with Crippen LogP contribution >= 0.6 is 0 Å². The number of nitrogen functional groups attached to an aromatic ring is 1. The second-order valence-electron chi connectivity index (χ2n) is 5.38. The molecule has 20 heavy (non-hydrogen) atoms. The summed E-state index contributed by atoms with van der Waals surface area (Å²) in [5, 5.41) is 0. The number of furan rings is 1. The molecule has 104 valence electrons. The van der Waals surface area contributed by atoms with Gasteiger partial charge >= 0.3 is 0 Å². The maximum absolute atomic E-state index is 6.12. The molecule has 3 aromatic rings. The molecule has 2 aromatic heterocycles. The summed E-state index contributed by atoms with van der Waals surface area (Å²) in [6.45, 7) is 8.14. The van der Waals surface area contributed by atoms with Crippen LogP contribution in [0, 0.1) is 20.8 Å². The molecule has 0 fully saturated rings. The van der Waals surface area contributed by atoms with Crippen molar-refractivity contribution >= 4 is 17.0 Å². The van der Waals surface area contributed by atoms with E-state index in [-0.39, 0.29) is 6.04 Å². The fourth-order valence-corrected chi connectivity index (χ4v) is 2.83. The number of hydrogen-bond donors (Lipinski definition) is 1. The summed E-state index contributed by atoms with van der Waals surface area (Å²) in [5.41, 5.74) is 10.5. The molecule has 1 atom stereocenters. The molecule has 0 aliphatic rings. The van der Waals surface area contributed by atoms with Crippen LogP contribution in [-0.2, 0) is 0 Å². The fraction of sp³-hybridized carbons (Fsp3) is 0.312. The van der Waals surface area contributed by atoms with E-state index in [4.69, 9.17) is 10.2 Å². The molecule has 1 unspecified atom stereocenters. The zero-order valence-corrected chi connectivity index (χ0v) is 12.3. The maximum atomic E-state index is 6.12. The van der Waals surface area contributed by atoms with Crippen molar-refractivity contribution < 1.29 is 4.42 Å². The van der Waals surface area contributed by atoms with Gasteiger partial charge in [0.15, 0.2) is 0 Å². The Morgan fingerprint density at radius 3 is 2.60 bits per heavy atom. The highest BCUT2D eigenvalue weighted by Gasteiger charge is 2.19. The molecular weight excluding hydrogens is 250 g/mol. The third-order valence-corrected chi connectivity index (χ3v) is 3.79. The van der Waals surface area contributed by atoms with Gasteiger partial charge in [-0.3, -0.25) is 0 Å². The Labute approximate surface area is 118 Å². The molecule has 4 heteroatoms. The Morgan fingerprint density at radius 2 is 1.95 bits per heavy atom. The topological polar surface area (TPSA) is 57.0 Å². The molecule has 0 saturated carbocycles. The lowest BCUT2D eigenvalue weighted by Crippen LogP contribution is -2.10. The molecule has 2 heterocycles. The van der Waals surface area contributed by atoms with Crippen molar-refractivity contribution in [3.8, 4) is 0 Å². The molecule has 3 rings (SSSR count). The Morgan fingerprint density at radius 1 is 1.20 bits per heavy atom. The van der Waals surface area contributed by atoms with Crippen LogP contribution in [0.25, 0.3) is 11.0 Å². The average molecular weight is 269 g/mol. The number of aryl methyl sites for hydroxylation is 3. The van der Waals surface area contributed by atoms with Gasteiger partial charge in [-0.1, -0.05) is 6.07 Å². The third-order valence-electron chi connectivity index (χ3n) is 3.79. The molecule has 0 aliphatic carbocycles. The van der Waals surface area contributed by atoms with E-state index in [1.807, 2.05) is 19.9 Å². The van der Waals surface area contributed by atoms with Crippen molar-refractivity contribution in [1.82, 2.24) is 9.55 Å². The summed E-state index contributed by atoms with van der Waals surface area (Å²) < 4.78 is 7.70. The number of fused-ring (bicyclic) bond motifs is 1. The summed E-state index contributed by atoms with van der Waals surface area (Å²) in [4.78, 5) is 4.45. The van der Waals surface area contributed by atoms with Crippen molar-refractivity contribution in [2.24, 2.45) is 0 Å². The van der Waals surface area contributed by atoms with E-state index in [0.29, 0.717) is 5.95 Å². The fourth-order valence-electron chi connectivity index (χ4n) is 2.83. The number of nitrogens with two attached hydrogens (primary N) is 1. The predicted octanol–water partition coefficient (Wildman–Crippen LogP) is 3.75. The minimum absolute atomic E-state index is 0.0965. The quantitative estimate of drug-likeness (QED) is 0.771. The molecular formula is C16H19N3O. The predicted molar refractivity (Wildman–Crippen MR) is 80.9 cm³/mol. The van der Waals surface area contributed by atoms with E-state index in [9.17, 15) is 0 Å². The smallest absolute Gasteiger partial charge is 0.201 e. The Hall–Kier alpha value is -2.23. The number of aromatic nitrogens is 2. The van der Waals surface area contributed by atoms with Crippen LogP contribution in [0.5, 0.6) is 0 Å². The zero-order chi connectivity index (χ0) is 14.4. The SMILES string of the molecule is Cc1ccc2nc(N)n(C(C)c3cc(C)oc3C)c2c1. The molecule has 1 aromatic carbocycles. The van der Waals surface area contributed by atoms with E-state index in [1.54, 1.807) is 0 Å². The average Bonchev–Trinajstić information content (AvgIpc) is 2.87. The first-order valence-corrected chi connectivity index (χ1v) is 6.78. The van der Waals surface area contributed by atoms with Crippen molar-refractivity contribution in [3.63, 3.8) is 0 Å². The van der Waals surface area contributed by atoms with E-state index in [1.165, 1.54) is 5.56 Å². The summed E-state index contributed by atoms with van der Waals surface area (Å²) >= 11 is 0. The summed E-state index contributed by atoms with van der Waals surface area (Å²) in [6.07, 6.45) is 0. The molecule has 0 spiro atoms. The summed E-state index contributed by atoms with van der Waals surface area (Å²) in [7, 11) is 0. The van der Waals surface area contributed by atoms with Crippen LogP contribution in [0.2, 0.25) is 0 Å². The summed E-state index contributed by atoms with van der Waals surface area (Å²) in [5.74, 6) is 2.39. The molecule has 0 bridgehead atoms. The molecule has 0 radical (unpaired) electrons. The lowest BCUT2D eigenvalue weighted by atomic mass is 10.1. The largest absolute Gasteiger partial charge is 0.466 e. The van der Waals surface area contributed by atoms with Crippen LogP contribution in [0.4, 0.5) is 5.95 Å². The highest BCUT2D eigenvalue weighted by Crippen LogP contribution is 2.30. The van der Waals surface area contributed by atoms with Crippen molar-refractivity contribution in [2.75, 3.05) is 5.73 Å². The number of benzene rings is 1. The minimum atomic E-state index is 0.0965. The third kappa shape index (κ3) is 1.88. The number of imidazole rings is 1. The molecule has 0 aliphatic heterocycles. The van der Waals surface area contributed by atoms with Crippen molar-refractivity contribution in [2.45, 2.75) is 33.7 Å². The molecule has 4 nitrogen and oxygen atoms in total. The van der Waals surface area contributed by atoms with E-state index in [2.05, 4.69) is 41.6 Å². The lowest BCUT2D eigenvalue weighted by molar-refractivity contribution is 0.495.